The second-order valence-corrected chi connectivity index (χ2v) is 5.36. The molecule has 0 aliphatic heterocycles. The maximum absolute atomic E-state index is 11.7. The molecule has 1 atom stereocenters. The molecule has 0 aliphatic carbocycles. The molecular formula is C12H16INO3. The van der Waals surface area contributed by atoms with Crippen LogP contribution < -0.4 is 5.32 Å². The van der Waals surface area contributed by atoms with Crippen LogP contribution in [0.4, 0.5) is 0 Å². The second-order valence-electron chi connectivity index (χ2n) is 4.20. The van der Waals surface area contributed by atoms with E-state index in [1.807, 2.05) is 29.5 Å². The number of aromatic hydroxyl groups is 1. The lowest BCUT2D eigenvalue weighted by Crippen LogP contribution is -2.40. The van der Waals surface area contributed by atoms with Gasteiger partial charge in [-0.15, -0.1) is 0 Å². The van der Waals surface area contributed by atoms with Crippen molar-refractivity contribution in [1.82, 2.24) is 5.32 Å². The zero-order valence-corrected chi connectivity index (χ0v) is 12.0. The Morgan fingerprint density at radius 1 is 1.53 bits per heavy atom. The van der Waals surface area contributed by atoms with Crippen molar-refractivity contribution in [2.75, 3.05) is 6.54 Å². The molecule has 94 valence electrons. The summed E-state index contributed by atoms with van der Waals surface area (Å²) in [7, 11) is 0. The largest absolute Gasteiger partial charge is 0.507 e. The molecular weight excluding hydrogens is 333 g/mol. The summed E-state index contributed by atoms with van der Waals surface area (Å²) in [6.07, 6.45) is 0.561. The van der Waals surface area contributed by atoms with Gasteiger partial charge in [-0.1, -0.05) is 6.92 Å². The number of halogens is 1. The van der Waals surface area contributed by atoms with Crippen LogP contribution in [0.5, 0.6) is 5.75 Å². The first-order valence-corrected chi connectivity index (χ1v) is 6.42. The van der Waals surface area contributed by atoms with E-state index in [-0.39, 0.29) is 18.2 Å². The number of aliphatic hydroxyl groups is 1. The van der Waals surface area contributed by atoms with Crippen LogP contribution in [0.15, 0.2) is 18.2 Å². The van der Waals surface area contributed by atoms with Crippen LogP contribution in [0.25, 0.3) is 0 Å². The number of hydrogen-bond donors (Lipinski definition) is 3. The number of hydrogen-bond acceptors (Lipinski definition) is 3. The molecule has 5 heteroatoms. The van der Waals surface area contributed by atoms with E-state index in [0.717, 1.165) is 0 Å². The van der Waals surface area contributed by atoms with Gasteiger partial charge in [0.2, 0.25) is 0 Å². The lowest BCUT2D eigenvalue weighted by molar-refractivity contribution is 0.0518. The van der Waals surface area contributed by atoms with Crippen molar-refractivity contribution in [2.24, 2.45) is 0 Å². The molecule has 1 aromatic rings. The zero-order valence-electron chi connectivity index (χ0n) is 9.83. The third-order valence-electron chi connectivity index (χ3n) is 2.60. The molecule has 17 heavy (non-hydrogen) atoms. The van der Waals surface area contributed by atoms with Gasteiger partial charge in [-0.3, -0.25) is 4.79 Å². The monoisotopic (exact) mass is 349 g/mol. The Balaban J connectivity index is 2.68. The number of carbonyl (C=O) groups is 1. The van der Waals surface area contributed by atoms with E-state index < -0.39 is 5.60 Å². The fourth-order valence-electron chi connectivity index (χ4n) is 1.15. The molecule has 0 saturated heterocycles. The first-order valence-electron chi connectivity index (χ1n) is 5.35. The highest BCUT2D eigenvalue weighted by molar-refractivity contribution is 14.1. The summed E-state index contributed by atoms with van der Waals surface area (Å²) in [5.74, 6) is -0.217. The molecule has 4 nitrogen and oxygen atoms in total. The SMILES string of the molecule is CCC(C)(O)CNC(=O)c1ccc(I)c(O)c1. The Morgan fingerprint density at radius 2 is 2.18 bits per heavy atom. The van der Waals surface area contributed by atoms with Crippen LogP contribution in [-0.2, 0) is 0 Å². The number of phenols is 1. The van der Waals surface area contributed by atoms with Crippen molar-refractivity contribution in [1.29, 1.82) is 0 Å². The van der Waals surface area contributed by atoms with Gasteiger partial charge in [0.25, 0.3) is 5.91 Å². The fourth-order valence-corrected chi connectivity index (χ4v) is 1.49. The van der Waals surface area contributed by atoms with E-state index in [9.17, 15) is 15.0 Å². The van der Waals surface area contributed by atoms with Crippen molar-refractivity contribution >= 4 is 28.5 Å². The second kappa shape index (κ2) is 5.68. The molecule has 0 heterocycles. The first kappa shape index (κ1) is 14.2. The number of phenolic OH excluding ortho intramolecular Hbond substituents is 1. The van der Waals surface area contributed by atoms with Gasteiger partial charge in [0.1, 0.15) is 5.75 Å². The van der Waals surface area contributed by atoms with E-state index in [1.54, 1.807) is 19.1 Å². The molecule has 0 bridgehead atoms. The van der Waals surface area contributed by atoms with E-state index in [1.165, 1.54) is 6.07 Å². The predicted molar refractivity (Wildman–Crippen MR) is 74.1 cm³/mol. The number of nitrogens with one attached hydrogen (secondary N) is 1. The average Bonchev–Trinajstić information content (AvgIpc) is 2.30. The first-order chi connectivity index (χ1) is 7.85. The van der Waals surface area contributed by atoms with E-state index in [4.69, 9.17) is 0 Å². The summed E-state index contributed by atoms with van der Waals surface area (Å²) < 4.78 is 0.694. The number of amides is 1. The van der Waals surface area contributed by atoms with Crippen LogP contribution in [0.3, 0.4) is 0 Å². The van der Waals surface area contributed by atoms with Gasteiger partial charge in [-0.2, -0.15) is 0 Å². The van der Waals surface area contributed by atoms with Gasteiger partial charge in [-0.25, -0.2) is 0 Å². The minimum Gasteiger partial charge on any atom is -0.507 e. The fraction of sp³-hybridized carbons (Fsp3) is 0.417. The number of carbonyl (C=O) groups excluding carboxylic acids is 1. The highest BCUT2D eigenvalue weighted by Gasteiger charge is 2.19. The van der Waals surface area contributed by atoms with Crippen LogP contribution in [0.1, 0.15) is 30.6 Å². The van der Waals surface area contributed by atoms with Gasteiger partial charge >= 0.3 is 0 Å². The Bertz CT molecular complexity index is 418. The van der Waals surface area contributed by atoms with E-state index >= 15 is 0 Å². The highest BCUT2D eigenvalue weighted by Crippen LogP contribution is 2.20. The predicted octanol–water partition coefficient (Wildman–Crippen LogP) is 1.89. The summed E-state index contributed by atoms with van der Waals surface area (Å²) in [5, 5.41) is 21.9. The topological polar surface area (TPSA) is 69.6 Å². The molecule has 1 amide bonds. The Morgan fingerprint density at radius 3 is 2.71 bits per heavy atom. The van der Waals surface area contributed by atoms with Crippen LogP contribution in [0.2, 0.25) is 0 Å². The van der Waals surface area contributed by atoms with Crippen molar-refractivity contribution in [3.8, 4) is 5.75 Å². The molecule has 0 saturated carbocycles. The lowest BCUT2D eigenvalue weighted by Gasteiger charge is -2.21. The summed E-state index contributed by atoms with van der Waals surface area (Å²) in [4.78, 5) is 11.7. The number of benzene rings is 1. The highest BCUT2D eigenvalue weighted by atomic mass is 127. The Labute approximate surface area is 114 Å². The third kappa shape index (κ3) is 4.16. The number of rotatable bonds is 4. The maximum atomic E-state index is 11.7. The van der Waals surface area contributed by atoms with Gasteiger partial charge in [0.15, 0.2) is 0 Å². The molecule has 1 rings (SSSR count). The summed E-state index contributed by atoms with van der Waals surface area (Å²) >= 11 is 1.98. The smallest absolute Gasteiger partial charge is 0.251 e. The molecule has 3 N–H and O–H groups in total. The third-order valence-corrected chi connectivity index (χ3v) is 3.51. The lowest BCUT2D eigenvalue weighted by atomic mass is 10.0. The van der Waals surface area contributed by atoms with Gasteiger partial charge in [0, 0.05) is 12.1 Å². The van der Waals surface area contributed by atoms with Crippen molar-refractivity contribution in [3.05, 3.63) is 27.3 Å². The molecule has 0 spiro atoms. The van der Waals surface area contributed by atoms with E-state index in [2.05, 4.69) is 5.32 Å². The van der Waals surface area contributed by atoms with Crippen LogP contribution in [0, 0.1) is 3.57 Å². The zero-order chi connectivity index (χ0) is 13.1. The molecule has 0 fully saturated rings. The normalized spacial score (nSPS) is 14.1. The Hall–Kier alpha value is -0.820. The molecule has 0 aromatic heterocycles. The summed E-state index contributed by atoms with van der Waals surface area (Å²) in [6, 6.07) is 4.72. The van der Waals surface area contributed by atoms with Crippen LogP contribution >= 0.6 is 22.6 Å². The van der Waals surface area contributed by atoms with Crippen molar-refractivity contribution < 1.29 is 15.0 Å². The quantitative estimate of drug-likeness (QED) is 0.727. The van der Waals surface area contributed by atoms with Crippen molar-refractivity contribution in [3.63, 3.8) is 0 Å². The Kier molecular flexibility index (Phi) is 4.76. The van der Waals surface area contributed by atoms with E-state index in [0.29, 0.717) is 15.6 Å². The average molecular weight is 349 g/mol. The summed E-state index contributed by atoms with van der Waals surface area (Å²) in [5.41, 5.74) is -0.518. The standard InChI is InChI=1S/C12H16INO3/c1-3-12(2,17)7-14-11(16)8-4-5-9(13)10(15)6-8/h4-6,15,17H,3,7H2,1-2H3,(H,14,16). The van der Waals surface area contributed by atoms with Gasteiger partial charge in [-0.05, 0) is 54.1 Å². The minimum atomic E-state index is -0.902. The van der Waals surface area contributed by atoms with Gasteiger partial charge < -0.3 is 15.5 Å². The van der Waals surface area contributed by atoms with Crippen LogP contribution in [-0.4, -0.2) is 28.3 Å². The van der Waals surface area contributed by atoms with Crippen molar-refractivity contribution in [2.45, 2.75) is 25.9 Å². The minimum absolute atomic E-state index is 0.0838. The molecule has 0 radical (unpaired) electrons. The van der Waals surface area contributed by atoms with Gasteiger partial charge in [0.05, 0.1) is 9.17 Å². The summed E-state index contributed by atoms with van der Waals surface area (Å²) in [6.45, 7) is 3.70. The molecule has 1 unspecified atom stereocenters. The molecule has 0 aliphatic rings. The maximum Gasteiger partial charge on any atom is 0.251 e. The molecule has 1 aromatic carbocycles.